The average Bonchev–Trinajstić information content (AvgIpc) is 3.11. The summed E-state index contributed by atoms with van der Waals surface area (Å²) >= 11 is 1.56. The van der Waals surface area contributed by atoms with Gasteiger partial charge in [-0.25, -0.2) is 4.39 Å². The number of nitrogens with zero attached hydrogens (tertiary/aromatic N) is 3. The number of aryl methyl sites for hydroxylation is 2. The molecule has 1 aromatic heterocycles. The molecule has 0 aliphatic heterocycles. The summed E-state index contributed by atoms with van der Waals surface area (Å²) in [5, 5.41) is 9.77. The van der Waals surface area contributed by atoms with Crippen LogP contribution in [-0.4, -0.2) is 14.8 Å². The van der Waals surface area contributed by atoms with E-state index in [-0.39, 0.29) is 5.82 Å². The van der Waals surface area contributed by atoms with Gasteiger partial charge in [-0.15, -0.1) is 10.2 Å². The predicted octanol–water partition coefficient (Wildman–Crippen LogP) is 5.98. The number of para-hydroxylation sites is 1. The predicted molar refractivity (Wildman–Crippen MR) is 112 cm³/mol. The molecule has 4 aromatic rings. The maximum Gasteiger partial charge on any atom is 0.196 e. The molecule has 5 heteroatoms. The largest absolute Gasteiger partial charge is 0.270 e. The van der Waals surface area contributed by atoms with Gasteiger partial charge in [0.2, 0.25) is 0 Å². The minimum Gasteiger partial charge on any atom is -0.270 e. The van der Waals surface area contributed by atoms with Gasteiger partial charge in [0.25, 0.3) is 0 Å². The maximum atomic E-state index is 13.5. The number of hydrogen-bond donors (Lipinski definition) is 0. The zero-order valence-corrected chi connectivity index (χ0v) is 16.6. The Bertz CT molecular complexity index is 1120. The van der Waals surface area contributed by atoms with E-state index in [0.29, 0.717) is 5.75 Å². The first kappa shape index (κ1) is 18.4. The third-order valence-corrected chi connectivity index (χ3v) is 5.63. The molecule has 0 bridgehead atoms. The highest BCUT2D eigenvalue weighted by Crippen LogP contribution is 2.32. The van der Waals surface area contributed by atoms with Gasteiger partial charge in [-0.05, 0) is 48.7 Å². The Kier molecular flexibility index (Phi) is 5.26. The molecule has 28 heavy (non-hydrogen) atoms. The lowest BCUT2D eigenvalue weighted by Crippen LogP contribution is -2.02. The van der Waals surface area contributed by atoms with Crippen LogP contribution in [-0.2, 0) is 5.75 Å². The van der Waals surface area contributed by atoms with Crippen molar-refractivity contribution in [1.82, 2.24) is 14.8 Å². The number of rotatable bonds is 5. The highest BCUT2D eigenvalue weighted by atomic mass is 32.2. The zero-order valence-electron chi connectivity index (χ0n) is 15.8. The summed E-state index contributed by atoms with van der Waals surface area (Å²) in [6, 6.07) is 23.0. The van der Waals surface area contributed by atoms with E-state index in [1.54, 1.807) is 23.9 Å². The molecule has 0 atom stereocenters. The van der Waals surface area contributed by atoms with Crippen molar-refractivity contribution in [2.75, 3.05) is 0 Å². The van der Waals surface area contributed by atoms with E-state index >= 15 is 0 Å². The van der Waals surface area contributed by atoms with E-state index in [0.717, 1.165) is 38.9 Å². The van der Waals surface area contributed by atoms with E-state index in [1.165, 1.54) is 6.07 Å². The minimum atomic E-state index is -0.223. The van der Waals surface area contributed by atoms with E-state index in [1.807, 2.05) is 30.3 Å². The summed E-state index contributed by atoms with van der Waals surface area (Å²) in [5.74, 6) is 1.21. The Hall–Kier alpha value is -2.92. The average molecular weight is 389 g/mol. The van der Waals surface area contributed by atoms with Crippen LogP contribution in [0, 0.1) is 19.7 Å². The molecule has 0 unspecified atom stereocenters. The van der Waals surface area contributed by atoms with E-state index in [4.69, 9.17) is 0 Å². The number of benzene rings is 3. The molecule has 1 heterocycles. The van der Waals surface area contributed by atoms with E-state index in [2.05, 4.69) is 52.9 Å². The summed E-state index contributed by atoms with van der Waals surface area (Å²) in [4.78, 5) is 0. The molecule has 0 fully saturated rings. The number of hydrogen-bond acceptors (Lipinski definition) is 3. The first-order valence-electron chi connectivity index (χ1n) is 9.08. The van der Waals surface area contributed by atoms with Gasteiger partial charge >= 0.3 is 0 Å². The quantitative estimate of drug-likeness (QED) is 0.393. The lowest BCUT2D eigenvalue weighted by molar-refractivity contribution is 0.626. The Balaban J connectivity index is 1.79. The van der Waals surface area contributed by atoms with Crippen molar-refractivity contribution in [2.45, 2.75) is 24.8 Å². The van der Waals surface area contributed by atoms with Crippen LogP contribution in [0.2, 0.25) is 0 Å². The number of aromatic nitrogens is 3. The third-order valence-electron chi connectivity index (χ3n) is 4.63. The first-order valence-corrected chi connectivity index (χ1v) is 10.1. The molecule has 3 aromatic carbocycles. The second-order valence-corrected chi connectivity index (χ2v) is 7.60. The van der Waals surface area contributed by atoms with Crippen LogP contribution >= 0.6 is 11.8 Å². The highest BCUT2D eigenvalue weighted by molar-refractivity contribution is 7.98. The van der Waals surface area contributed by atoms with Crippen molar-refractivity contribution >= 4 is 11.8 Å². The molecule has 0 saturated carbocycles. The smallest absolute Gasteiger partial charge is 0.196 e. The Morgan fingerprint density at radius 2 is 1.61 bits per heavy atom. The van der Waals surface area contributed by atoms with Crippen LogP contribution in [0.3, 0.4) is 0 Å². The summed E-state index contributed by atoms with van der Waals surface area (Å²) in [5.41, 5.74) is 5.31. The minimum absolute atomic E-state index is 0.223. The molecule has 0 saturated heterocycles. The molecule has 0 radical (unpaired) electrons. The first-order chi connectivity index (χ1) is 13.6. The van der Waals surface area contributed by atoms with Gasteiger partial charge in [-0.1, -0.05) is 66.4 Å². The molecule has 4 rings (SSSR count). The molecule has 0 spiro atoms. The van der Waals surface area contributed by atoms with Gasteiger partial charge < -0.3 is 0 Å². The lowest BCUT2D eigenvalue weighted by Gasteiger charge is -2.14. The van der Waals surface area contributed by atoms with Crippen molar-refractivity contribution in [3.05, 3.63) is 95.3 Å². The summed E-state index contributed by atoms with van der Waals surface area (Å²) in [7, 11) is 0. The van der Waals surface area contributed by atoms with E-state index in [9.17, 15) is 4.39 Å². The molecule has 3 nitrogen and oxygen atoms in total. The van der Waals surface area contributed by atoms with Crippen LogP contribution in [0.4, 0.5) is 4.39 Å². The van der Waals surface area contributed by atoms with Crippen LogP contribution in [0.1, 0.15) is 16.7 Å². The third kappa shape index (κ3) is 3.71. The molecule has 140 valence electrons. The molecular formula is C23H20FN3S. The molecule has 0 N–H and O–H groups in total. The topological polar surface area (TPSA) is 30.7 Å². The van der Waals surface area contributed by atoms with Crippen LogP contribution in [0.25, 0.3) is 17.1 Å². The van der Waals surface area contributed by atoms with Crippen molar-refractivity contribution in [3.8, 4) is 17.1 Å². The fraction of sp³-hybridized carbons (Fsp3) is 0.130. The Morgan fingerprint density at radius 1 is 0.857 bits per heavy atom. The van der Waals surface area contributed by atoms with Gasteiger partial charge in [0.1, 0.15) is 5.82 Å². The second kappa shape index (κ2) is 7.98. The fourth-order valence-electron chi connectivity index (χ4n) is 3.17. The zero-order chi connectivity index (χ0) is 19.5. The monoisotopic (exact) mass is 389 g/mol. The van der Waals surface area contributed by atoms with Gasteiger partial charge in [0.15, 0.2) is 11.0 Å². The number of thioether (sulfide) groups is 1. The summed E-state index contributed by atoms with van der Waals surface area (Å²) in [6.07, 6.45) is 0. The fourth-order valence-corrected chi connectivity index (χ4v) is 4.06. The molecule has 0 aliphatic rings. The molecule has 0 aliphatic carbocycles. The van der Waals surface area contributed by atoms with Crippen LogP contribution in [0.5, 0.6) is 0 Å². The normalized spacial score (nSPS) is 11.0. The second-order valence-electron chi connectivity index (χ2n) is 6.66. The maximum absolute atomic E-state index is 13.5. The number of halogens is 1. The van der Waals surface area contributed by atoms with Gasteiger partial charge in [0.05, 0.1) is 5.69 Å². The van der Waals surface area contributed by atoms with Crippen LogP contribution in [0.15, 0.2) is 78.0 Å². The highest BCUT2D eigenvalue weighted by Gasteiger charge is 2.18. The molecular weight excluding hydrogens is 369 g/mol. The summed E-state index contributed by atoms with van der Waals surface area (Å²) in [6.45, 7) is 4.16. The standard InChI is InChI=1S/C23H20FN3S/c1-16-8-3-5-12-20(16)22-25-26-23(27(22)21-13-6-4-9-17(21)2)28-15-18-10-7-11-19(24)14-18/h3-14H,15H2,1-2H3. The van der Waals surface area contributed by atoms with Crippen molar-refractivity contribution in [2.24, 2.45) is 0 Å². The SMILES string of the molecule is Cc1ccccc1-c1nnc(SCc2cccc(F)c2)n1-c1ccccc1C. The summed E-state index contributed by atoms with van der Waals surface area (Å²) < 4.78 is 15.6. The molecule has 0 amide bonds. The van der Waals surface area contributed by atoms with Crippen molar-refractivity contribution in [3.63, 3.8) is 0 Å². The van der Waals surface area contributed by atoms with Gasteiger partial charge in [-0.3, -0.25) is 4.57 Å². The Morgan fingerprint density at radius 3 is 2.36 bits per heavy atom. The van der Waals surface area contributed by atoms with Crippen LogP contribution < -0.4 is 0 Å². The Labute approximate surface area is 168 Å². The lowest BCUT2D eigenvalue weighted by atomic mass is 10.1. The van der Waals surface area contributed by atoms with Gasteiger partial charge in [-0.2, -0.15) is 0 Å². The van der Waals surface area contributed by atoms with E-state index < -0.39 is 0 Å². The van der Waals surface area contributed by atoms with Crippen molar-refractivity contribution < 1.29 is 4.39 Å². The van der Waals surface area contributed by atoms with Crippen molar-refractivity contribution in [1.29, 1.82) is 0 Å². The van der Waals surface area contributed by atoms with Gasteiger partial charge in [0, 0.05) is 11.3 Å².